The Morgan fingerprint density at radius 3 is 2.53 bits per heavy atom. The minimum Gasteiger partial charge on any atom is -0.438 e. The van der Waals surface area contributed by atoms with Crippen LogP contribution in [0.15, 0.2) is 73.1 Å². The van der Waals surface area contributed by atoms with E-state index in [9.17, 15) is 4.79 Å². The van der Waals surface area contributed by atoms with Crippen molar-refractivity contribution in [3.05, 3.63) is 90.0 Å². The van der Waals surface area contributed by atoms with Crippen LogP contribution in [0, 0.1) is 6.92 Å². The quantitative estimate of drug-likeness (QED) is 0.305. The van der Waals surface area contributed by atoms with Crippen LogP contribution < -0.4 is 15.4 Å². The molecule has 2 amide bonds. The van der Waals surface area contributed by atoms with Gasteiger partial charge in [0.15, 0.2) is 0 Å². The minimum absolute atomic E-state index is 0.000184. The van der Waals surface area contributed by atoms with Gasteiger partial charge in [0, 0.05) is 30.2 Å². The van der Waals surface area contributed by atoms with Crippen molar-refractivity contribution >= 4 is 17.4 Å². The number of hydrogen-bond acceptors (Lipinski definition) is 5. The van der Waals surface area contributed by atoms with Gasteiger partial charge in [0.05, 0.1) is 11.3 Å². The van der Waals surface area contributed by atoms with Crippen LogP contribution in [-0.4, -0.2) is 21.0 Å². The fourth-order valence-electron chi connectivity index (χ4n) is 3.69. The Bertz CT molecular complexity index is 1380. The molecule has 4 aromatic rings. The van der Waals surface area contributed by atoms with Crippen molar-refractivity contribution < 1.29 is 9.53 Å². The molecule has 0 aliphatic heterocycles. The molecule has 0 spiro atoms. The van der Waals surface area contributed by atoms with E-state index in [1.54, 1.807) is 18.5 Å². The van der Waals surface area contributed by atoms with Crippen LogP contribution in [0.3, 0.4) is 0 Å². The molecule has 0 saturated heterocycles. The summed E-state index contributed by atoms with van der Waals surface area (Å²) in [7, 11) is 0. The topological polar surface area (TPSA) is 89.0 Å². The number of carbonyl (C=O) groups is 1. The molecule has 0 bridgehead atoms. The summed E-state index contributed by atoms with van der Waals surface area (Å²) in [6.07, 6.45) is 4.17. The van der Waals surface area contributed by atoms with Gasteiger partial charge in [-0.25, -0.2) is 19.7 Å². The predicted octanol–water partition coefficient (Wildman–Crippen LogP) is 7.14. The fraction of sp³-hybridized carbons (Fsp3) is 0.241. The number of hydrogen-bond donors (Lipinski definition) is 2. The fourth-order valence-corrected chi connectivity index (χ4v) is 3.69. The van der Waals surface area contributed by atoms with Crippen LogP contribution in [0.5, 0.6) is 11.6 Å². The molecule has 0 aliphatic rings. The Kier molecular flexibility index (Phi) is 7.29. The average Bonchev–Trinajstić information content (AvgIpc) is 2.86. The van der Waals surface area contributed by atoms with E-state index in [1.165, 1.54) is 0 Å². The summed E-state index contributed by atoms with van der Waals surface area (Å²) < 4.78 is 6.12. The SMILES string of the molecule is CCc1nccc(-c2cccnc2Oc2ccc(NC(=O)Nc3cccc(C(C)(C)C)c3)c(C)c2)n1. The Hall–Kier alpha value is -4.26. The first-order valence-electron chi connectivity index (χ1n) is 12.0. The number of aryl methyl sites for hydroxylation is 2. The highest BCUT2D eigenvalue weighted by Gasteiger charge is 2.15. The first-order valence-corrected chi connectivity index (χ1v) is 12.0. The molecule has 4 rings (SSSR count). The number of ether oxygens (including phenoxy) is 1. The maximum atomic E-state index is 12.6. The van der Waals surface area contributed by atoms with Crippen molar-refractivity contribution in [1.82, 2.24) is 15.0 Å². The maximum Gasteiger partial charge on any atom is 0.323 e. The van der Waals surface area contributed by atoms with Gasteiger partial charge >= 0.3 is 6.03 Å². The lowest BCUT2D eigenvalue weighted by molar-refractivity contribution is 0.262. The Morgan fingerprint density at radius 1 is 0.944 bits per heavy atom. The van der Waals surface area contributed by atoms with E-state index in [-0.39, 0.29) is 11.4 Å². The van der Waals surface area contributed by atoms with E-state index < -0.39 is 0 Å². The molecule has 0 saturated carbocycles. The number of rotatable bonds is 6. The van der Waals surface area contributed by atoms with Crippen LogP contribution in [0.2, 0.25) is 0 Å². The molecule has 2 N–H and O–H groups in total. The van der Waals surface area contributed by atoms with Gasteiger partial charge in [0.25, 0.3) is 0 Å². The van der Waals surface area contributed by atoms with Gasteiger partial charge in [0.1, 0.15) is 11.6 Å². The lowest BCUT2D eigenvalue weighted by Crippen LogP contribution is -2.20. The summed E-state index contributed by atoms with van der Waals surface area (Å²) in [5, 5.41) is 5.84. The van der Waals surface area contributed by atoms with Crippen LogP contribution in [0.1, 0.15) is 44.6 Å². The normalized spacial score (nSPS) is 11.1. The monoisotopic (exact) mass is 481 g/mol. The molecule has 0 atom stereocenters. The highest BCUT2D eigenvalue weighted by molar-refractivity contribution is 6.00. The first-order chi connectivity index (χ1) is 17.2. The van der Waals surface area contributed by atoms with Crippen molar-refractivity contribution in [3.63, 3.8) is 0 Å². The summed E-state index contributed by atoms with van der Waals surface area (Å²) in [4.78, 5) is 25.9. The third-order valence-corrected chi connectivity index (χ3v) is 5.72. The average molecular weight is 482 g/mol. The number of aromatic nitrogens is 3. The molecular weight excluding hydrogens is 450 g/mol. The number of benzene rings is 2. The minimum atomic E-state index is -0.305. The number of nitrogens with one attached hydrogen (secondary N) is 2. The predicted molar refractivity (Wildman–Crippen MR) is 144 cm³/mol. The molecule has 36 heavy (non-hydrogen) atoms. The standard InChI is InChI=1S/C29H31N5O2/c1-6-26-30-16-14-25(33-26)23-11-8-15-31-27(23)36-22-12-13-24(19(2)17-22)34-28(35)32-21-10-7-9-20(18-21)29(3,4)5/h7-18H,6H2,1-5H3,(H2,32,34,35). The molecule has 7 nitrogen and oxygen atoms in total. The van der Waals surface area contributed by atoms with Crippen molar-refractivity contribution in [1.29, 1.82) is 0 Å². The highest BCUT2D eigenvalue weighted by Crippen LogP contribution is 2.32. The zero-order chi connectivity index (χ0) is 25.7. The molecule has 184 valence electrons. The number of amides is 2. The van der Waals surface area contributed by atoms with Gasteiger partial charge in [-0.15, -0.1) is 0 Å². The number of anilines is 2. The Labute approximate surface area is 212 Å². The van der Waals surface area contributed by atoms with Gasteiger partial charge in [0.2, 0.25) is 5.88 Å². The highest BCUT2D eigenvalue weighted by atomic mass is 16.5. The second kappa shape index (κ2) is 10.6. The van der Waals surface area contributed by atoms with Crippen LogP contribution in [0.25, 0.3) is 11.3 Å². The van der Waals surface area contributed by atoms with Crippen LogP contribution >= 0.6 is 0 Å². The number of nitrogens with zero attached hydrogens (tertiary/aromatic N) is 3. The third-order valence-electron chi connectivity index (χ3n) is 5.72. The van der Waals surface area contributed by atoms with Gasteiger partial charge < -0.3 is 15.4 Å². The van der Waals surface area contributed by atoms with E-state index in [4.69, 9.17) is 4.74 Å². The van der Waals surface area contributed by atoms with Gasteiger partial charge in [-0.3, -0.25) is 0 Å². The zero-order valence-electron chi connectivity index (χ0n) is 21.3. The van der Waals surface area contributed by atoms with Crippen LogP contribution in [0.4, 0.5) is 16.2 Å². The van der Waals surface area contributed by atoms with Crippen molar-refractivity contribution in [3.8, 4) is 22.9 Å². The smallest absolute Gasteiger partial charge is 0.323 e. The molecule has 2 aromatic heterocycles. The number of pyridine rings is 1. The molecule has 0 unspecified atom stereocenters. The van der Waals surface area contributed by atoms with Gasteiger partial charge in [-0.1, -0.05) is 39.8 Å². The van der Waals surface area contributed by atoms with Gasteiger partial charge in [-0.05, 0) is 72.0 Å². The number of carbonyl (C=O) groups excluding carboxylic acids is 1. The number of urea groups is 1. The Morgan fingerprint density at radius 2 is 1.78 bits per heavy atom. The van der Waals surface area contributed by atoms with Crippen LogP contribution in [-0.2, 0) is 11.8 Å². The first kappa shape index (κ1) is 24.9. The maximum absolute atomic E-state index is 12.6. The Balaban J connectivity index is 1.47. The lowest BCUT2D eigenvalue weighted by atomic mass is 9.87. The largest absolute Gasteiger partial charge is 0.438 e. The second-order valence-corrected chi connectivity index (χ2v) is 9.56. The molecular formula is C29H31N5O2. The molecule has 7 heteroatoms. The molecule has 0 aliphatic carbocycles. The van der Waals surface area contributed by atoms with Crippen molar-refractivity contribution in [2.24, 2.45) is 0 Å². The molecule has 2 aromatic carbocycles. The molecule has 0 radical (unpaired) electrons. The van der Waals surface area contributed by atoms with Gasteiger partial charge in [-0.2, -0.15) is 0 Å². The molecule has 0 fully saturated rings. The molecule has 2 heterocycles. The van der Waals surface area contributed by atoms with E-state index in [0.717, 1.165) is 40.3 Å². The van der Waals surface area contributed by atoms with Crippen molar-refractivity contribution in [2.45, 2.75) is 46.5 Å². The summed E-state index contributed by atoms with van der Waals surface area (Å²) in [5.41, 5.74) is 4.99. The lowest BCUT2D eigenvalue weighted by Gasteiger charge is -2.20. The van der Waals surface area contributed by atoms with E-state index >= 15 is 0 Å². The summed E-state index contributed by atoms with van der Waals surface area (Å²) >= 11 is 0. The summed E-state index contributed by atoms with van der Waals surface area (Å²) in [6.45, 7) is 10.4. The van der Waals surface area contributed by atoms with E-state index in [2.05, 4.69) is 52.4 Å². The summed E-state index contributed by atoms with van der Waals surface area (Å²) in [5.74, 6) is 1.83. The zero-order valence-corrected chi connectivity index (χ0v) is 21.3. The summed E-state index contributed by atoms with van der Waals surface area (Å²) in [6, 6.07) is 18.7. The third kappa shape index (κ3) is 6.05. The second-order valence-electron chi connectivity index (χ2n) is 9.56. The van der Waals surface area contributed by atoms with E-state index in [0.29, 0.717) is 17.3 Å². The van der Waals surface area contributed by atoms with Crippen molar-refractivity contribution in [2.75, 3.05) is 10.6 Å². The van der Waals surface area contributed by atoms with E-state index in [1.807, 2.05) is 62.4 Å².